The SMILES string of the molecule is O=C(NCC1CCN(c2ccccn2)CC1)C(=O)Nc1ccc(OC(F)(F)F)cc1. The van der Waals surface area contributed by atoms with Crippen LogP contribution >= 0.6 is 0 Å². The zero-order valence-corrected chi connectivity index (χ0v) is 16.0. The number of anilines is 2. The number of pyridine rings is 1. The number of hydrogen-bond acceptors (Lipinski definition) is 5. The van der Waals surface area contributed by atoms with E-state index in [9.17, 15) is 22.8 Å². The highest BCUT2D eigenvalue weighted by Gasteiger charge is 2.31. The van der Waals surface area contributed by atoms with Gasteiger partial charge in [0.05, 0.1) is 0 Å². The Labute approximate surface area is 171 Å². The van der Waals surface area contributed by atoms with Crippen molar-refractivity contribution >= 4 is 23.3 Å². The molecule has 0 atom stereocenters. The fourth-order valence-corrected chi connectivity index (χ4v) is 3.15. The average Bonchev–Trinajstić information content (AvgIpc) is 2.73. The van der Waals surface area contributed by atoms with Gasteiger partial charge in [-0.1, -0.05) is 6.07 Å². The van der Waals surface area contributed by atoms with Gasteiger partial charge in [-0.25, -0.2) is 4.98 Å². The number of carbonyl (C=O) groups excluding carboxylic acids is 2. The van der Waals surface area contributed by atoms with Crippen molar-refractivity contribution < 1.29 is 27.5 Å². The molecule has 0 spiro atoms. The molecule has 0 saturated carbocycles. The van der Waals surface area contributed by atoms with Crippen LogP contribution in [0.2, 0.25) is 0 Å². The minimum absolute atomic E-state index is 0.188. The lowest BCUT2D eigenvalue weighted by molar-refractivity contribution is -0.274. The van der Waals surface area contributed by atoms with E-state index in [1.54, 1.807) is 6.20 Å². The Kier molecular flexibility index (Phi) is 6.76. The van der Waals surface area contributed by atoms with Gasteiger partial charge in [0.2, 0.25) is 0 Å². The molecule has 160 valence electrons. The molecule has 2 aromatic rings. The molecule has 1 fully saturated rings. The molecule has 1 aromatic carbocycles. The maximum Gasteiger partial charge on any atom is 0.573 e. The summed E-state index contributed by atoms with van der Waals surface area (Å²) in [7, 11) is 0. The summed E-state index contributed by atoms with van der Waals surface area (Å²) in [5, 5.41) is 4.95. The second-order valence-corrected chi connectivity index (χ2v) is 6.85. The van der Waals surface area contributed by atoms with Gasteiger partial charge >= 0.3 is 18.2 Å². The van der Waals surface area contributed by atoms with Gasteiger partial charge < -0.3 is 20.3 Å². The Morgan fingerprint density at radius 3 is 2.37 bits per heavy atom. The van der Waals surface area contributed by atoms with Crippen molar-refractivity contribution in [1.82, 2.24) is 10.3 Å². The van der Waals surface area contributed by atoms with Crippen molar-refractivity contribution in [2.45, 2.75) is 19.2 Å². The second-order valence-electron chi connectivity index (χ2n) is 6.85. The molecule has 1 saturated heterocycles. The van der Waals surface area contributed by atoms with Crippen molar-refractivity contribution in [3.63, 3.8) is 0 Å². The molecule has 1 aliphatic heterocycles. The summed E-state index contributed by atoms with van der Waals surface area (Å²) in [5.41, 5.74) is 0.188. The fourth-order valence-electron chi connectivity index (χ4n) is 3.15. The summed E-state index contributed by atoms with van der Waals surface area (Å²) in [6.45, 7) is 2.01. The Morgan fingerprint density at radius 2 is 1.77 bits per heavy atom. The van der Waals surface area contributed by atoms with E-state index in [0.29, 0.717) is 6.54 Å². The first-order valence-electron chi connectivity index (χ1n) is 9.41. The van der Waals surface area contributed by atoms with Crippen molar-refractivity contribution in [1.29, 1.82) is 0 Å². The number of carbonyl (C=O) groups is 2. The van der Waals surface area contributed by atoms with Crippen LogP contribution in [0.25, 0.3) is 0 Å². The monoisotopic (exact) mass is 422 g/mol. The first-order valence-corrected chi connectivity index (χ1v) is 9.41. The number of rotatable bonds is 5. The summed E-state index contributed by atoms with van der Waals surface area (Å²) >= 11 is 0. The van der Waals surface area contributed by atoms with Crippen LogP contribution in [0, 0.1) is 5.92 Å². The first-order chi connectivity index (χ1) is 14.3. The van der Waals surface area contributed by atoms with Crippen LogP contribution in [0.15, 0.2) is 48.7 Å². The van der Waals surface area contributed by atoms with Gasteiger partial charge in [-0.2, -0.15) is 0 Å². The predicted molar refractivity (Wildman–Crippen MR) is 104 cm³/mol. The molecule has 7 nitrogen and oxygen atoms in total. The molecule has 2 heterocycles. The van der Waals surface area contributed by atoms with Crippen LogP contribution < -0.4 is 20.3 Å². The van der Waals surface area contributed by atoms with Gasteiger partial charge in [-0.3, -0.25) is 9.59 Å². The van der Waals surface area contributed by atoms with Crippen molar-refractivity contribution in [2.24, 2.45) is 5.92 Å². The number of halogens is 3. The van der Waals surface area contributed by atoms with E-state index in [-0.39, 0.29) is 11.6 Å². The van der Waals surface area contributed by atoms with E-state index >= 15 is 0 Å². The van der Waals surface area contributed by atoms with E-state index in [4.69, 9.17) is 0 Å². The number of amides is 2. The van der Waals surface area contributed by atoms with Crippen LogP contribution in [0.4, 0.5) is 24.7 Å². The number of alkyl halides is 3. The number of nitrogens with zero attached hydrogens (tertiary/aromatic N) is 2. The van der Waals surface area contributed by atoms with E-state index in [0.717, 1.165) is 43.9 Å². The molecular weight excluding hydrogens is 401 g/mol. The number of nitrogens with one attached hydrogen (secondary N) is 2. The lowest BCUT2D eigenvalue weighted by Crippen LogP contribution is -2.42. The standard InChI is InChI=1S/C20H21F3N4O3/c21-20(22,23)30-16-6-4-15(5-7-16)26-19(29)18(28)25-13-14-8-11-27(12-9-14)17-3-1-2-10-24-17/h1-7,10,14H,8-9,11-13H2,(H,25,28)(H,26,29). The number of hydrogen-bond donors (Lipinski definition) is 2. The molecule has 2 N–H and O–H groups in total. The van der Waals surface area contributed by atoms with Gasteiger partial charge in [0, 0.05) is 31.5 Å². The molecule has 1 aliphatic rings. The summed E-state index contributed by atoms with van der Waals surface area (Å²) in [6.07, 6.45) is -1.33. The van der Waals surface area contributed by atoms with Gasteiger partial charge in [-0.05, 0) is 55.2 Å². The summed E-state index contributed by atoms with van der Waals surface area (Å²) < 4.78 is 40.2. The Balaban J connectivity index is 1.40. The van der Waals surface area contributed by atoms with E-state index < -0.39 is 23.9 Å². The smallest absolute Gasteiger partial charge is 0.406 e. The summed E-state index contributed by atoms with van der Waals surface area (Å²) in [5.74, 6) is -0.920. The normalized spacial score (nSPS) is 14.8. The van der Waals surface area contributed by atoms with Gasteiger partial charge in [0.25, 0.3) is 0 Å². The quantitative estimate of drug-likeness (QED) is 0.724. The zero-order chi connectivity index (χ0) is 21.6. The largest absolute Gasteiger partial charge is 0.573 e. The van der Waals surface area contributed by atoms with Crippen LogP contribution in [-0.4, -0.2) is 42.8 Å². The topological polar surface area (TPSA) is 83.6 Å². The van der Waals surface area contributed by atoms with Crippen molar-refractivity contribution in [2.75, 3.05) is 29.9 Å². The fraction of sp³-hybridized carbons (Fsp3) is 0.350. The zero-order valence-electron chi connectivity index (χ0n) is 16.0. The third kappa shape index (κ3) is 6.36. The molecule has 3 rings (SSSR count). The molecule has 0 unspecified atom stereocenters. The van der Waals surface area contributed by atoms with Crippen LogP contribution in [-0.2, 0) is 9.59 Å². The van der Waals surface area contributed by atoms with E-state index in [1.807, 2.05) is 18.2 Å². The van der Waals surface area contributed by atoms with Crippen LogP contribution in [0.1, 0.15) is 12.8 Å². The minimum Gasteiger partial charge on any atom is -0.406 e. The van der Waals surface area contributed by atoms with Crippen LogP contribution in [0.3, 0.4) is 0 Å². The number of piperidine rings is 1. The maximum atomic E-state index is 12.2. The minimum atomic E-state index is -4.79. The lowest BCUT2D eigenvalue weighted by Gasteiger charge is -2.32. The number of aromatic nitrogens is 1. The van der Waals surface area contributed by atoms with Crippen molar-refractivity contribution in [3.05, 3.63) is 48.7 Å². The Morgan fingerprint density at radius 1 is 1.07 bits per heavy atom. The molecule has 0 aliphatic carbocycles. The summed E-state index contributed by atoms with van der Waals surface area (Å²) in [6, 6.07) is 10.3. The second kappa shape index (κ2) is 9.47. The Bertz CT molecular complexity index is 852. The van der Waals surface area contributed by atoms with Crippen molar-refractivity contribution in [3.8, 4) is 5.75 Å². The molecule has 0 bridgehead atoms. The lowest BCUT2D eigenvalue weighted by atomic mass is 9.97. The average molecular weight is 422 g/mol. The molecular formula is C20H21F3N4O3. The van der Waals surface area contributed by atoms with E-state index in [1.165, 1.54) is 12.1 Å². The third-order valence-electron chi connectivity index (χ3n) is 4.69. The third-order valence-corrected chi connectivity index (χ3v) is 4.69. The van der Waals surface area contributed by atoms with E-state index in [2.05, 4.69) is 25.3 Å². The van der Waals surface area contributed by atoms with Gasteiger partial charge in [-0.15, -0.1) is 13.2 Å². The molecule has 10 heteroatoms. The van der Waals surface area contributed by atoms with Crippen LogP contribution in [0.5, 0.6) is 5.75 Å². The predicted octanol–water partition coefficient (Wildman–Crippen LogP) is 2.95. The summed E-state index contributed by atoms with van der Waals surface area (Å²) in [4.78, 5) is 30.5. The number of ether oxygens (including phenoxy) is 1. The Hall–Kier alpha value is -3.30. The molecule has 1 aromatic heterocycles. The highest BCUT2D eigenvalue weighted by Crippen LogP contribution is 2.24. The number of benzene rings is 1. The molecule has 2 amide bonds. The first kappa shape index (κ1) is 21.4. The molecule has 0 radical (unpaired) electrons. The highest BCUT2D eigenvalue weighted by molar-refractivity contribution is 6.39. The maximum absolute atomic E-state index is 12.2. The molecule has 30 heavy (non-hydrogen) atoms. The van der Waals surface area contributed by atoms with Gasteiger partial charge in [0.1, 0.15) is 11.6 Å². The van der Waals surface area contributed by atoms with Gasteiger partial charge in [0.15, 0.2) is 0 Å². The highest BCUT2D eigenvalue weighted by atomic mass is 19.4.